The minimum absolute atomic E-state index is 0.0151. The molecule has 0 saturated carbocycles. The number of nitrogens with one attached hydrogen (secondary N) is 1. The summed E-state index contributed by atoms with van der Waals surface area (Å²) in [6.07, 6.45) is 0.566. The zero-order chi connectivity index (χ0) is 21.0. The molecule has 29 heavy (non-hydrogen) atoms. The molecule has 1 aliphatic heterocycles. The quantitative estimate of drug-likeness (QED) is 0.705. The first kappa shape index (κ1) is 20.7. The first-order valence-corrected chi connectivity index (χ1v) is 9.56. The molecule has 1 atom stereocenters. The number of nitrogens with zero attached hydrogens (tertiary/aromatic N) is 2. The first-order chi connectivity index (χ1) is 13.9. The van der Waals surface area contributed by atoms with Crippen molar-refractivity contribution in [2.45, 2.75) is 18.9 Å². The molecule has 0 bridgehead atoms. The van der Waals surface area contributed by atoms with Crippen LogP contribution in [0.15, 0.2) is 48.5 Å². The molecule has 1 aliphatic rings. The summed E-state index contributed by atoms with van der Waals surface area (Å²) in [6.45, 7) is 0.459. The van der Waals surface area contributed by atoms with Crippen molar-refractivity contribution in [2.24, 2.45) is 0 Å². The Kier molecular flexibility index (Phi) is 6.43. The average molecular weight is 415 g/mol. The van der Waals surface area contributed by atoms with Crippen LogP contribution >= 0.6 is 12.2 Å². The Hall–Kier alpha value is -3.00. The minimum Gasteiger partial charge on any atom is -0.497 e. The number of carbonyl (C=O) groups excluding carboxylic acids is 2. The Balaban J connectivity index is 1.65. The molecule has 0 spiro atoms. The van der Waals surface area contributed by atoms with Crippen molar-refractivity contribution in [1.29, 1.82) is 0 Å². The molecule has 2 aromatic rings. The van der Waals surface area contributed by atoms with E-state index in [2.05, 4.69) is 5.32 Å². The SMILES string of the molecule is COc1ccc(NC(=O)C[C@@H]2C(=O)N(C)C(=S)N2CCc2ccc(F)cc2)cc1. The van der Waals surface area contributed by atoms with Crippen molar-refractivity contribution < 1.29 is 18.7 Å². The molecule has 8 heteroatoms. The predicted octanol–water partition coefficient (Wildman–Crippen LogP) is 2.83. The first-order valence-electron chi connectivity index (χ1n) is 9.15. The van der Waals surface area contributed by atoms with Crippen LogP contribution in [0.4, 0.5) is 10.1 Å². The van der Waals surface area contributed by atoms with E-state index in [9.17, 15) is 14.0 Å². The van der Waals surface area contributed by atoms with Crippen LogP contribution in [-0.2, 0) is 16.0 Å². The number of benzene rings is 2. The average Bonchev–Trinajstić information content (AvgIpc) is 2.92. The lowest BCUT2D eigenvalue weighted by Gasteiger charge is -2.23. The van der Waals surface area contributed by atoms with Gasteiger partial charge in [0.05, 0.1) is 13.5 Å². The molecule has 1 N–H and O–H groups in total. The van der Waals surface area contributed by atoms with E-state index in [1.807, 2.05) is 0 Å². The lowest BCUT2D eigenvalue weighted by molar-refractivity contribution is -0.130. The lowest BCUT2D eigenvalue weighted by Crippen LogP contribution is -2.39. The number of methoxy groups -OCH3 is 1. The normalized spacial score (nSPS) is 16.3. The van der Waals surface area contributed by atoms with Gasteiger partial charge in [0, 0.05) is 19.3 Å². The molecule has 0 aromatic heterocycles. The van der Waals surface area contributed by atoms with Crippen LogP contribution in [0.1, 0.15) is 12.0 Å². The fraction of sp³-hybridized carbons (Fsp3) is 0.286. The monoisotopic (exact) mass is 415 g/mol. The van der Waals surface area contributed by atoms with E-state index in [1.165, 1.54) is 17.0 Å². The van der Waals surface area contributed by atoms with Crippen LogP contribution in [-0.4, -0.2) is 53.5 Å². The second-order valence-corrected chi connectivity index (χ2v) is 7.11. The maximum atomic E-state index is 13.1. The van der Waals surface area contributed by atoms with Crippen molar-refractivity contribution in [1.82, 2.24) is 9.80 Å². The summed E-state index contributed by atoms with van der Waals surface area (Å²) in [4.78, 5) is 28.3. The molecule has 0 unspecified atom stereocenters. The van der Waals surface area contributed by atoms with Gasteiger partial charge in [-0.3, -0.25) is 14.5 Å². The molecule has 1 saturated heterocycles. The summed E-state index contributed by atoms with van der Waals surface area (Å²) in [5.74, 6) is -0.0984. The van der Waals surface area contributed by atoms with Gasteiger partial charge in [-0.05, 0) is 60.6 Å². The highest BCUT2D eigenvalue weighted by Crippen LogP contribution is 2.21. The van der Waals surface area contributed by atoms with Gasteiger partial charge in [-0.1, -0.05) is 12.1 Å². The number of halogens is 1. The number of ether oxygens (including phenoxy) is 1. The summed E-state index contributed by atoms with van der Waals surface area (Å²) < 4.78 is 18.2. The topological polar surface area (TPSA) is 61.9 Å². The van der Waals surface area contributed by atoms with E-state index in [1.54, 1.807) is 55.5 Å². The number of likely N-dealkylation sites (N-methyl/N-ethyl adjacent to an activating group) is 1. The van der Waals surface area contributed by atoms with Gasteiger partial charge in [0.1, 0.15) is 17.6 Å². The molecule has 2 aromatic carbocycles. The third kappa shape index (κ3) is 4.89. The predicted molar refractivity (Wildman–Crippen MR) is 112 cm³/mol. The van der Waals surface area contributed by atoms with Gasteiger partial charge >= 0.3 is 0 Å². The number of amides is 2. The molecule has 1 heterocycles. The zero-order valence-corrected chi connectivity index (χ0v) is 17.0. The van der Waals surface area contributed by atoms with E-state index >= 15 is 0 Å². The summed E-state index contributed by atoms with van der Waals surface area (Å²) in [5, 5.41) is 3.18. The van der Waals surface area contributed by atoms with Crippen LogP contribution in [0.5, 0.6) is 5.75 Å². The largest absolute Gasteiger partial charge is 0.497 e. The second kappa shape index (κ2) is 9.00. The maximum absolute atomic E-state index is 13.1. The third-order valence-electron chi connectivity index (χ3n) is 4.83. The van der Waals surface area contributed by atoms with Gasteiger partial charge in [0.25, 0.3) is 5.91 Å². The van der Waals surface area contributed by atoms with Crippen LogP contribution in [0, 0.1) is 5.82 Å². The van der Waals surface area contributed by atoms with E-state index < -0.39 is 6.04 Å². The van der Waals surface area contributed by atoms with Crippen LogP contribution in [0.3, 0.4) is 0 Å². The van der Waals surface area contributed by atoms with Crippen molar-refractivity contribution in [3.8, 4) is 5.75 Å². The fourth-order valence-corrected chi connectivity index (χ4v) is 3.50. The van der Waals surface area contributed by atoms with E-state index in [4.69, 9.17) is 17.0 Å². The number of rotatable bonds is 7. The summed E-state index contributed by atoms with van der Waals surface area (Å²) in [6, 6.07) is 12.5. The molecule has 2 amide bonds. The number of hydrogen-bond acceptors (Lipinski definition) is 4. The Morgan fingerprint density at radius 3 is 2.45 bits per heavy atom. The molecule has 0 aliphatic carbocycles. The number of hydrogen-bond donors (Lipinski definition) is 1. The van der Waals surface area contributed by atoms with Gasteiger partial charge in [0.2, 0.25) is 5.91 Å². The molecular weight excluding hydrogens is 393 g/mol. The standard InChI is InChI=1S/C21H22FN3O3S/c1-24-20(27)18(13-19(26)23-16-7-9-17(28-2)10-8-16)25(21(24)29)12-11-14-3-5-15(22)6-4-14/h3-10,18H,11-13H2,1-2H3,(H,23,26)/t18-/m1/s1. The van der Waals surface area contributed by atoms with Crippen molar-refractivity contribution in [3.63, 3.8) is 0 Å². The number of thiocarbonyl (C=S) groups is 1. The Morgan fingerprint density at radius 1 is 1.17 bits per heavy atom. The van der Waals surface area contributed by atoms with Crippen LogP contribution in [0.2, 0.25) is 0 Å². The van der Waals surface area contributed by atoms with E-state index in [-0.39, 0.29) is 24.1 Å². The molecule has 152 valence electrons. The molecule has 0 radical (unpaired) electrons. The van der Waals surface area contributed by atoms with Gasteiger partial charge in [-0.15, -0.1) is 0 Å². The zero-order valence-electron chi connectivity index (χ0n) is 16.2. The molecule has 3 rings (SSSR count). The Morgan fingerprint density at radius 2 is 1.83 bits per heavy atom. The third-order valence-corrected chi connectivity index (χ3v) is 5.34. The van der Waals surface area contributed by atoms with Gasteiger partial charge in [-0.2, -0.15) is 0 Å². The highest BCUT2D eigenvalue weighted by Gasteiger charge is 2.41. The number of carbonyl (C=O) groups is 2. The molecule has 6 nitrogen and oxygen atoms in total. The summed E-state index contributed by atoms with van der Waals surface area (Å²) >= 11 is 5.39. The van der Waals surface area contributed by atoms with E-state index in [0.717, 1.165) is 5.56 Å². The van der Waals surface area contributed by atoms with Crippen LogP contribution in [0.25, 0.3) is 0 Å². The van der Waals surface area contributed by atoms with E-state index in [0.29, 0.717) is 29.5 Å². The Labute approximate surface area is 174 Å². The smallest absolute Gasteiger partial charge is 0.251 e. The second-order valence-electron chi connectivity index (χ2n) is 6.75. The summed E-state index contributed by atoms with van der Waals surface area (Å²) in [7, 11) is 3.18. The molecule has 1 fully saturated rings. The molecular formula is C21H22FN3O3S. The van der Waals surface area contributed by atoms with Gasteiger partial charge in [0.15, 0.2) is 5.11 Å². The highest BCUT2D eigenvalue weighted by atomic mass is 32.1. The van der Waals surface area contributed by atoms with Gasteiger partial charge < -0.3 is 15.0 Å². The van der Waals surface area contributed by atoms with Crippen molar-refractivity contribution in [3.05, 3.63) is 59.9 Å². The Bertz CT molecular complexity index is 902. The maximum Gasteiger partial charge on any atom is 0.251 e. The highest BCUT2D eigenvalue weighted by molar-refractivity contribution is 7.80. The van der Waals surface area contributed by atoms with Crippen LogP contribution < -0.4 is 10.1 Å². The van der Waals surface area contributed by atoms with Gasteiger partial charge in [-0.25, -0.2) is 4.39 Å². The van der Waals surface area contributed by atoms with Crippen molar-refractivity contribution in [2.75, 3.05) is 26.0 Å². The summed E-state index contributed by atoms with van der Waals surface area (Å²) in [5.41, 5.74) is 1.55. The fourth-order valence-electron chi connectivity index (χ4n) is 3.19. The minimum atomic E-state index is -0.661. The number of anilines is 1. The van der Waals surface area contributed by atoms with Crippen molar-refractivity contribution >= 4 is 34.8 Å². The lowest BCUT2D eigenvalue weighted by atomic mass is 10.1.